The quantitative estimate of drug-likeness (QED) is 0.354. The molecule has 3 aromatic heterocycles. The first-order chi connectivity index (χ1) is 16.4. The van der Waals surface area contributed by atoms with E-state index in [4.69, 9.17) is 5.73 Å². The van der Waals surface area contributed by atoms with Crippen LogP contribution in [0.1, 0.15) is 5.82 Å². The summed E-state index contributed by atoms with van der Waals surface area (Å²) < 4.78 is 77.6. The van der Waals surface area contributed by atoms with Crippen LogP contribution < -0.4 is 16.4 Å². The number of amides is 2. The van der Waals surface area contributed by atoms with Crippen molar-refractivity contribution in [3.05, 3.63) is 60.7 Å². The number of pyridine rings is 1. The fraction of sp³-hybridized carbons (Fsp3) is 0.143. The number of carbonyl (C=O) groups excluding carboxylic acids is 1. The van der Waals surface area contributed by atoms with Crippen LogP contribution in [0.5, 0.6) is 0 Å². The summed E-state index contributed by atoms with van der Waals surface area (Å²) in [6, 6.07) is 9.53. The molecule has 0 aliphatic heterocycles. The molecule has 0 atom stereocenters. The van der Waals surface area contributed by atoms with Gasteiger partial charge in [-0.15, -0.1) is 0 Å². The van der Waals surface area contributed by atoms with Crippen molar-refractivity contribution in [3.8, 4) is 22.5 Å². The third-order valence-corrected chi connectivity index (χ3v) is 4.67. The van der Waals surface area contributed by atoms with Crippen LogP contribution in [0.2, 0.25) is 0 Å². The van der Waals surface area contributed by atoms with Gasteiger partial charge in [0.25, 0.3) is 0 Å². The number of imidazole rings is 1. The minimum Gasteiger partial charge on any atom is -0.384 e. The Morgan fingerprint density at radius 2 is 1.77 bits per heavy atom. The zero-order valence-electron chi connectivity index (χ0n) is 17.4. The molecule has 0 saturated heterocycles. The summed E-state index contributed by atoms with van der Waals surface area (Å²) in [4.78, 5) is 22.8. The van der Waals surface area contributed by atoms with Crippen LogP contribution in [0.4, 0.5) is 42.6 Å². The van der Waals surface area contributed by atoms with E-state index in [0.717, 1.165) is 0 Å². The lowest BCUT2D eigenvalue weighted by atomic mass is 10.1. The highest BCUT2D eigenvalue weighted by Crippen LogP contribution is 2.30. The molecule has 0 aliphatic carbocycles. The number of nitrogen functional groups attached to an aromatic ring is 1. The molecule has 2 amide bonds. The van der Waals surface area contributed by atoms with Gasteiger partial charge in [-0.05, 0) is 24.3 Å². The Morgan fingerprint density at radius 1 is 1.00 bits per heavy atom. The molecule has 3 heterocycles. The fourth-order valence-electron chi connectivity index (χ4n) is 3.21. The van der Waals surface area contributed by atoms with Gasteiger partial charge in [0, 0.05) is 29.1 Å². The minimum absolute atomic E-state index is 0.0343. The van der Waals surface area contributed by atoms with Crippen molar-refractivity contribution in [2.75, 3.05) is 17.6 Å². The van der Waals surface area contributed by atoms with E-state index >= 15 is 0 Å². The summed E-state index contributed by atoms with van der Waals surface area (Å²) in [6.45, 7) is -1.48. The van der Waals surface area contributed by atoms with Crippen molar-refractivity contribution in [2.24, 2.45) is 0 Å². The number of rotatable bonds is 4. The topological polar surface area (TPSA) is 110 Å². The third kappa shape index (κ3) is 5.59. The van der Waals surface area contributed by atoms with Crippen LogP contribution in [-0.2, 0) is 6.18 Å². The number of fused-ring (bicyclic) bond motifs is 1. The lowest BCUT2D eigenvalue weighted by Gasteiger charge is -2.11. The van der Waals surface area contributed by atoms with Gasteiger partial charge >= 0.3 is 18.4 Å². The molecule has 0 spiro atoms. The molecule has 0 radical (unpaired) electrons. The summed E-state index contributed by atoms with van der Waals surface area (Å²) >= 11 is 0. The van der Waals surface area contributed by atoms with E-state index in [-0.39, 0.29) is 17.2 Å². The Balaban J connectivity index is 1.61. The summed E-state index contributed by atoms with van der Waals surface area (Å²) in [5.41, 5.74) is 7.56. The number of aromatic nitrogens is 4. The number of benzene rings is 1. The molecule has 0 fully saturated rings. The van der Waals surface area contributed by atoms with Gasteiger partial charge in [-0.25, -0.2) is 19.7 Å². The number of carbonyl (C=O) groups is 1. The van der Waals surface area contributed by atoms with Crippen molar-refractivity contribution in [3.63, 3.8) is 0 Å². The lowest BCUT2D eigenvalue weighted by molar-refractivity contribution is -0.144. The molecular formula is C21H15F6N7O. The zero-order valence-corrected chi connectivity index (χ0v) is 17.4. The first-order valence-corrected chi connectivity index (χ1v) is 9.80. The van der Waals surface area contributed by atoms with Gasteiger partial charge in [-0.2, -0.15) is 26.3 Å². The normalized spacial score (nSPS) is 12.1. The molecule has 1 aromatic carbocycles. The number of halogens is 6. The molecule has 4 N–H and O–H groups in total. The summed E-state index contributed by atoms with van der Waals surface area (Å²) in [7, 11) is 0. The smallest absolute Gasteiger partial charge is 0.384 e. The number of nitrogens with zero attached hydrogens (tertiary/aromatic N) is 4. The molecule has 8 nitrogen and oxygen atoms in total. The highest BCUT2D eigenvalue weighted by molar-refractivity contribution is 5.90. The predicted octanol–water partition coefficient (Wildman–Crippen LogP) is 4.74. The van der Waals surface area contributed by atoms with E-state index < -0.39 is 30.8 Å². The van der Waals surface area contributed by atoms with Gasteiger partial charge in [0.05, 0.1) is 17.6 Å². The molecule has 4 aromatic rings. The standard InChI is InChI=1S/C21H15F6N7O/c22-20(23,24)10-30-19(35)31-13-3-1-2-12(6-13)15-9-29-17-7-11(4-5-34(15)17)14-8-16(28)33-18(32-14)21(25,26)27/h1-9H,10H2,(H2,28,32,33)(H2,30,31,35). The van der Waals surface area contributed by atoms with Crippen molar-refractivity contribution in [1.82, 2.24) is 24.7 Å². The number of nitrogens with one attached hydrogen (secondary N) is 2. The number of hydrogen-bond acceptors (Lipinski definition) is 5. The van der Waals surface area contributed by atoms with Gasteiger partial charge in [0.2, 0.25) is 5.82 Å². The molecule has 0 unspecified atom stereocenters. The Bertz CT molecular complexity index is 1400. The number of anilines is 2. The Morgan fingerprint density at radius 3 is 2.49 bits per heavy atom. The summed E-state index contributed by atoms with van der Waals surface area (Å²) in [6.07, 6.45) is -6.25. The molecule has 0 aliphatic rings. The van der Waals surface area contributed by atoms with Gasteiger partial charge in [0.15, 0.2) is 0 Å². The number of nitrogens with two attached hydrogens (primary N) is 1. The average Bonchev–Trinajstić information content (AvgIpc) is 3.20. The number of hydrogen-bond donors (Lipinski definition) is 3. The van der Waals surface area contributed by atoms with Crippen LogP contribution >= 0.6 is 0 Å². The highest BCUT2D eigenvalue weighted by Gasteiger charge is 2.35. The maximum atomic E-state index is 13.0. The fourth-order valence-corrected chi connectivity index (χ4v) is 3.21. The Labute approximate surface area is 192 Å². The average molecular weight is 495 g/mol. The number of urea groups is 1. The van der Waals surface area contributed by atoms with Crippen LogP contribution in [0.25, 0.3) is 28.2 Å². The van der Waals surface area contributed by atoms with Crippen molar-refractivity contribution >= 4 is 23.2 Å². The zero-order chi connectivity index (χ0) is 25.4. The Hall–Kier alpha value is -4.36. The van der Waals surface area contributed by atoms with E-state index in [2.05, 4.69) is 20.3 Å². The van der Waals surface area contributed by atoms with Crippen molar-refractivity contribution in [1.29, 1.82) is 0 Å². The van der Waals surface area contributed by atoms with E-state index in [1.165, 1.54) is 36.5 Å². The third-order valence-electron chi connectivity index (χ3n) is 4.67. The SMILES string of the molecule is Nc1cc(-c2ccn3c(-c4cccc(NC(=O)NCC(F)(F)F)c4)cnc3c2)nc(C(F)(F)F)n1. The maximum absolute atomic E-state index is 13.0. The molecule has 14 heteroatoms. The second kappa shape index (κ2) is 8.77. The predicted molar refractivity (Wildman–Crippen MR) is 114 cm³/mol. The maximum Gasteiger partial charge on any atom is 0.451 e. The molecular weight excluding hydrogens is 480 g/mol. The van der Waals surface area contributed by atoms with Crippen LogP contribution in [-0.4, -0.2) is 38.1 Å². The highest BCUT2D eigenvalue weighted by atomic mass is 19.4. The summed E-state index contributed by atoms with van der Waals surface area (Å²) in [5.74, 6) is -1.70. The van der Waals surface area contributed by atoms with E-state index in [1.54, 1.807) is 28.0 Å². The van der Waals surface area contributed by atoms with Gasteiger partial charge in [0.1, 0.15) is 18.0 Å². The largest absolute Gasteiger partial charge is 0.451 e. The lowest BCUT2D eigenvalue weighted by Crippen LogP contribution is -2.36. The molecule has 182 valence electrons. The van der Waals surface area contributed by atoms with E-state index in [1.807, 2.05) is 0 Å². The van der Waals surface area contributed by atoms with Gasteiger partial charge < -0.3 is 16.4 Å². The molecule has 0 bridgehead atoms. The van der Waals surface area contributed by atoms with Crippen LogP contribution in [0.3, 0.4) is 0 Å². The van der Waals surface area contributed by atoms with Gasteiger partial charge in [-0.1, -0.05) is 12.1 Å². The molecule has 35 heavy (non-hydrogen) atoms. The van der Waals surface area contributed by atoms with Crippen molar-refractivity contribution in [2.45, 2.75) is 12.4 Å². The summed E-state index contributed by atoms with van der Waals surface area (Å²) in [5, 5.41) is 4.03. The minimum atomic E-state index is -4.77. The molecule has 4 rings (SSSR count). The van der Waals surface area contributed by atoms with Crippen LogP contribution in [0.15, 0.2) is 54.9 Å². The number of alkyl halides is 6. The van der Waals surface area contributed by atoms with Gasteiger partial charge in [-0.3, -0.25) is 4.40 Å². The molecule has 0 saturated carbocycles. The monoisotopic (exact) mass is 495 g/mol. The first-order valence-electron chi connectivity index (χ1n) is 9.80. The first kappa shape index (κ1) is 23.8. The Kier molecular flexibility index (Phi) is 5.96. The van der Waals surface area contributed by atoms with Crippen molar-refractivity contribution < 1.29 is 31.1 Å². The van der Waals surface area contributed by atoms with Crippen LogP contribution in [0, 0.1) is 0 Å². The second-order valence-electron chi connectivity index (χ2n) is 7.29. The second-order valence-corrected chi connectivity index (χ2v) is 7.29. The van der Waals surface area contributed by atoms with E-state index in [9.17, 15) is 31.1 Å². The van der Waals surface area contributed by atoms with E-state index in [0.29, 0.717) is 22.5 Å².